The number of unbranched alkanes of at least 4 members (excludes halogenated alkanes) is 6. The second kappa shape index (κ2) is 24.6. The fourth-order valence-corrected chi connectivity index (χ4v) is 7.51. The highest BCUT2D eigenvalue weighted by molar-refractivity contribution is 6.36. The molecule has 9 nitrogen and oxygen atoms in total. The zero-order valence-electron chi connectivity index (χ0n) is 31.1. The Morgan fingerprint density at radius 1 is 0.714 bits per heavy atom. The number of hydrogen-bond acceptors (Lipinski definition) is 9. The molecule has 0 bridgehead atoms. The summed E-state index contributed by atoms with van der Waals surface area (Å²) in [4.78, 5) is 68.1. The van der Waals surface area contributed by atoms with Crippen molar-refractivity contribution in [3.63, 3.8) is 0 Å². The van der Waals surface area contributed by atoms with Crippen molar-refractivity contribution < 1.29 is 43.0 Å². The highest BCUT2D eigenvalue weighted by Gasteiger charge is 2.48. The maximum absolute atomic E-state index is 11.9. The second-order valence-corrected chi connectivity index (χ2v) is 14.3. The van der Waals surface area contributed by atoms with Gasteiger partial charge in [-0.05, 0) is 62.4 Å². The molecule has 0 saturated heterocycles. The maximum atomic E-state index is 11.9. The van der Waals surface area contributed by atoms with Gasteiger partial charge in [-0.1, -0.05) is 77.7 Å². The van der Waals surface area contributed by atoms with Crippen LogP contribution in [0.5, 0.6) is 0 Å². The van der Waals surface area contributed by atoms with Crippen molar-refractivity contribution >= 4 is 46.9 Å². The van der Waals surface area contributed by atoms with Crippen LogP contribution in [0.1, 0.15) is 156 Å². The van der Waals surface area contributed by atoms with Gasteiger partial charge in [0, 0.05) is 31.6 Å². The predicted octanol–water partition coefficient (Wildman–Crippen LogP) is 8.60. The minimum Gasteiger partial charge on any atom is -0.469 e. The van der Waals surface area contributed by atoms with E-state index in [0.717, 1.165) is 81.8 Å². The lowest BCUT2D eigenvalue weighted by Crippen LogP contribution is -2.35. The van der Waals surface area contributed by atoms with E-state index in [-0.39, 0.29) is 53.6 Å². The molecule has 0 aromatic carbocycles. The Labute approximate surface area is 300 Å². The van der Waals surface area contributed by atoms with Gasteiger partial charge in [0.2, 0.25) is 0 Å². The van der Waals surface area contributed by atoms with Crippen LogP contribution in [0.25, 0.3) is 0 Å². The lowest BCUT2D eigenvalue weighted by molar-refractivity contribution is -0.143. The number of esters is 3. The monoisotopic (exact) mass is 710 g/mol. The third-order valence-electron chi connectivity index (χ3n) is 10.2. The molecule has 2 saturated carbocycles. The lowest BCUT2D eigenvalue weighted by Gasteiger charge is -2.26. The number of halogens is 1. The first-order valence-electron chi connectivity index (χ1n) is 18.6. The molecule has 3 rings (SSSR count). The van der Waals surface area contributed by atoms with Crippen LogP contribution in [0.4, 0.5) is 0 Å². The number of hydrogen-bond donors (Lipinski definition) is 0. The number of alkyl halides is 1. The van der Waals surface area contributed by atoms with Gasteiger partial charge in [0.25, 0.3) is 0 Å². The number of allylic oxidation sites excluding steroid dienone is 1. The first kappa shape index (κ1) is 44.5. The standard InChI is InChI=1S/C13H21ClO3.C13H22O3.C13H20O3/c1-3-4-5-8-13(14)10(6-7-11(13)15)9-12(16)17-2;2*1-3-4-5-6-11-10(7-8-12(11)14)9-13(15)16-2/h10H,3-9H2,1-2H3;10-11H,3-9H2,1-2H3;3-9H2,1-2H3. The van der Waals surface area contributed by atoms with Crippen LogP contribution in [0.3, 0.4) is 0 Å². The van der Waals surface area contributed by atoms with Crippen molar-refractivity contribution in [1.82, 2.24) is 0 Å². The van der Waals surface area contributed by atoms with Crippen molar-refractivity contribution in [2.75, 3.05) is 21.3 Å². The average Bonchev–Trinajstić information content (AvgIpc) is 3.71. The van der Waals surface area contributed by atoms with Gasteiger partial charge in [-0.3, -0.25) is 28.8 Å². The van der Waals surface area contributed by atoms with E-state index in [1.807, 2.05) is 0 Å². The molecule has 0 aromatic rings. The topological polar surface area (TPSA) is 130 Å². The zero-order chi connectivity index (χ0) is 36.8. The van der Waals surface area contributed by atoms with Crippen molar-refractivity contribution in [3.05, 3.63) is 11.1 Å². The van der Waals surface area contributed by atoms with Gasteiger partial charge in [0.05, 0.1) is 34.2 Å². The molecule has 2 fully saturated rings. The SMILES string of the molecule is CCCCCC1(Cl)C(=O)CCC1CC(=O)OC.CCCCCC1=C(CC(=O)OC)CCC1=O.CCCCCC1C(=O)CCC1CC(=O)OC. The number of rotatable bonds is 18. The summed E-state index contributed by atoms with van der Waals surface area (Å²) in [7, 11) is 4.16. The molecule has 0 radical (unpaired) electrons. The van der Waals surface area contributed by atoms with E-state index in [4.69, 9.17) is 11.6 Å². The molecule has 0 aromatic heterocycles. The predicted molar refractivity (Wildman–Crippen MR) is 191 cm³/mol. The summed E-state index contributed by atoms with van der Waals surface area (Å²) in [5, 5.41) is 0. The molecule has 4 atom stereocenters. The summed E-state index contributed by atoms with van der Waals surface area (Å²) in [5.41, 5.74) is 1.91. The summed E-state index contributed by atoms with van der Waals surface area (Å²) in [5.74, 6) is 0.288. The molecular weight excluding hydrogens is 648 g/mol. The van der Waals surface area contributed by atoms with E-state index in [2.05, 4.69) is 35.0 Å². The summed E-state index contributed by atoms with van der Waals surface area (Å²) in [6, 6.07) is 0. The molecule has 280 valence electrons. The molecule has 49 heavy (non-hydrogen) atoms. The third-order valence-corrected chi connectivity index (χ3v) is 10.9. The molecule has 3 aliphatic rings. The van der Waals surface area contributed by atoms with Crippen LogP contribution in [0.2, 0.25) is 0 Å². The molecule has 3 aliphatic carbocycles. The molecule has 0 heterocycles. The van der Waals surface area contributed by atoms with Gasteiger partial charge in [-0.15, -0.1) is 11.6 Å². The van der Waals surface area contributed by atoms with E-state index < -0.39 is 4.87 Å². The number of ether oxygens (including phenoxy) is 3. The molecule has 0 spiro atoms. The highest BCUT2D eigenvalue weighted by Crippen LogP contribution is 2.44. The van der Waals surface area contributed by atoms with Crippen molar-refractivity contribution in [3.8, 4) is 0 Å². The van der Waals surface area contributed by atoms with Crippen LogP contribution in [-0.2, 0) is 43.0 Å². The smallest absolute Gasteiger partial charge is 0.309 e. The zero-order valence-corrected chi connectivity index (χ0v) is 31.9. The van der Waals surface area contributed by atoms with E-state index in [9.17, 15) is 28.8 Å². The van der Waals surface area contributed by atoms with Gasteiger partial charge in [-0.2, -0.15) is 0 Å². The van der Waals surface area contributed by atoms with Crippen molar-refractivity contribution in [2.24, 2.45) is 17.8 Å². The van der Waals surface area contributed by atoms with Gasteiger partial charge in [0.1, 0.15) is 10.7 Å². The minimum absolute atomic E-state index is 0.0547. The van der Waals surface area contributed by atoms with E-state index in [0.29, 0.717) is 50.7 Å². The van der Waals surface area contributed by atoms with Crippen molar-refractivity contribution in [2.45, 2.75) is 160 Å². The molecular formula is C39H63ClO9. The third kappa shape index (κ3) is 15.5. The summed E-state index contributed by atoms with van der Waals surface area (Å²) in [6.45, 7) is 6.41. The normalized spacial score (nSPS) is 23.1. The largest absolute Gasteiger partial charge is 0.469 e. The first-order valence-corrected chi connectivity index (χ1v) is 19.0. The fourth-order valence-electron chi connectivity index (χ4n) is 7.10. The van der Waals surface area contributed by atoms with Crippen LogP contribution in [0, 0.1) is 17.8 Å². The van der Waals surface area contributed by atoms with Crippen LogP contribution >= 0.6 is 11.6 Å². The summed E-state index contributed by atoms with van der Waals surface area (Å²) >= 11 is 6.47. The quantitative estimate of drug-likeness (QED) is 0.0594. The molecule has 0 aliphatic heterocycles. The Morgan fingerprint density at radius 2 is 1.31 bits per heavy atom. The molecule has 4 unspecified atom stereocenters. The van der Waals surface area contributed by atoms with Crippen LogP contribution < -0.4 is 0 Å². The molecule has 0 amide bonds. The summed E-state index contributed by atoms with van der Waals surface area (Å²) < 4.78 is 14.0. The highest BCUT2D eigenvalue weighted by atomic mass is 35.5. The number of Topliss-reactive ketones (excluding diaryl/α,β-unsaturated/α-hetero) is 3. The van der Waals surface area contributed by atoms with Gasteiger partial charge in [-0.25, -0.2) is 0 Å². The Kier molecular flexibility index (Phi) is 22.3. The summed E-state index contributed by atoms with van der Waals surface area (Å²) in [6.07, 6.45) is 17.4. The van der Waals surface area contributed by atoms with E-state index in [1.165, 1.54) is 34.2 Å². The minimum atomic E-state index is -0.816. The Bertz CT molecular complexity index is 1110. The van der Waals surface area contributed by atoms with E-state index in [1.54, 1.807) is 0 Å². The van der Waals surface area contributed by atoms with Crippen LogP contribution in [-0.4, -0.2) is 61.5 Å². The number of methoxy groups -OCH3 is 3. The Balaban J connectivity index is 0.000000368. The second-order valence-electron chi connectivity index (χ2n) is 13.6. The van der Waals surface area contributed by atoms with Gasteiger partial charge in [0.15, 0.2) is 11.6 Å². The Morgan fingerprint density at radius 3 is 1.92 bits per heavy atom. The van der Waals surface area contributed by atoms with Gasteiger partial charge < -0.3 is 14.2 Å². The van der Waals surface area contributed by atoms with Gasteiger partial charge >= 0.3 is 17.9 Å². The average molecular weight is 711 g/mol. The van der Waals surface area contributed by atoms with Crippen molar-refractivity contribution in [1.29, 1.82) is 0 Å². The van der Waals surface area contributed by atoms with Crippen LogP contribution in [0.15, 0.2) is 11.1 Å². The van der Waals surface area contributed by atoms with E-state index >= 15 is 0 Å². The first-order chi connectivity index (χ1) is 23.4. The fraction of sp³-hybridized carbons (Fsp3) is 0.795. The molecule has 0 N–H and O–H groups in total. The number of carbonyl (C=O) groups excluding carboxylic acids is 6. The maximum Gasteiger partial charge on any atom is 0.309 e. The Hall–Kier alpha value is -2.55. The lowest BCUT2D eigenvalue weighted by atomic mass is 9.87. The number of ketones is 3. The molecule has 10 heteroatoms. The number of carbonyl (C=O) groups is 6.